The molecule has 2 aromatic heterocycles. The molecule has 0 aliphatic rings. The highest BCUT2D eigenvalue weighted by molar-refractivity contribution is 5.90. The summed E-state index contributed by atoms with van der Waals surface area (Å²) < 4.78 is 0. The van der Waals surface area contributed by atoms with Gasteiger partial charge in [0.2, 0.25) is 0 Å². The molecule has 2 heterocycles. The highest BCUT2D eigenvalue weighted by Crippen LogP contribution is 2.28. The Morgan fingerprint density at radius 1 is 0.762 bits per heavy atom. The smallest absolute Gasteiger partial charge is 0.0954 e. The molecule has 0 atom stereocenters. The van der Waals surface area contributed by atoms with Crippen LogP contribution in [-0.2, 0) is 0 Å². The number of benzene rings is 2. The zero-order valence-corrected chi connectivity index (χ0v) is 11.3. The third-order valence-electron chi connectivity index (χ3n) is 3.62. The average Bonchev–Trinajstić information content (AvgIpc) is 2.54. The van der Waals surface area contributed by atoms with E-state index < -0.39 is 0 Å². The summed E-state index contributed by atoms with van der Waals surface area (Å²) in [4.78, 5) is 9.17. The van der Waals surface area contributed by atoms with Gasteiger partial charge in [-0.2, -0.15) is 0 Å². The number of nitrogen functional groups attached to an aromatic ring is 1. The molecule has 4 aromatic rings. The Morgan fingerprint density at radius 3 is 2.24 bits per heavy atom. The summed E-state index contributed by atoms with van der Waals surface area (Å²) in [6.45, 7) is 0. The molecule has 3 heteroatoms. The van der Waals surface area contributed by atoms with E-state index in [2.05, 4.69) is 16.0 Å². The lowest BCUT2D eigenvalue weighted by Crippen LogP contribution is -1.95. The van der Waals surface area contributed by atoms with Crippen LogP contribution in [0.3, 0.4) is 0 Å². The van der Waals surface area contributed by atoms with Gasteiger partial charge < -0.3 is 5.73 Å². The summed E-state index contributed by atoms with van der Waals surface area (Å²) in [5, 5.41) is 2.14. The van der Waals surface area contributed by atoms with Gasteiger partial charge in [0.1, 0.15) is 0 Å². The molecule has 0 bridgehead atoms. The van der Waals surface area contributed by atoms with Crippen LogP contribution in [0.4, 0.5) is 5.69 Å². The summed E-state index contributed by atoms with van der Waals surface area (Å²) in [7, 11) is 0. The van der Waals surface area contributed by atoms with E-state index in [1.165, 1.54) is 0 Å². The van der Waals surface area contributed by atoms with Crippen LogP contribution in [0.5, 0.6) is 0 Å². The van der Waals surface area contributed by atoms with Gasteiger partial charge in [-0.3, -0.25) is 4.98 Å². The van der Waals surface area contributed by atoms with Crippen molar-refractivity contribution in [1.82, 2.24) is 9.97 Å². The van der Waals surface area contributed by atoms with Gasteiger partial charge in [0.25, 0.3) is 0 Å². The van der Waals surface area contributed by atoms with E-state index in [9.17, 15) is 0 Å². The Kier molecular flexibility index (Phi) is 2.57. The molecule has 21 heavy (non-hydrogen) atoms. The summed E-state index contributed by atoms with van der Waals surface area (Å²) in [6, 6.07) is 20.0. The quantitative estimate of drug-likeness (QED) is 0.568. The Hall–Kier alpha value is -2.94. The molecule has 4 rings (SSSR count). The maximum atomic E-state index is 6.17. The molecule has 0 amide bonds. The van der Waals surface area contributed by atoms with Crippen LogP contribution in [0.1, 0.15) is 0 Å². The second-order valence-electron chi connectivity index (χ2n) is 5.04. The Labute approximate surface area is 122 Å². The number of nitrogens with zero attached hydrogens (tertiary/aromatic N) is 2. The molecule has 0 aliphatic carbocycles. The van der Waals surface area contributed by atoms with Gasteiger partial charge in [-0.15, -0.1) is 0 Å². The fourth-order valence-electron chi connectivity index (χ4n) is 2.56. The van der Waals surface area contributed by atoms with Crippen LogP contribution in [-0.4, -0.2) is 9.97 Å². The first kappa shape index (κ1) is 11.9. The number of para-hydroxylation sites is 2. The average molecular weight is 271 g/mol. The molecule has 2 aromatic carbocycles. The second-order valence-corrected chi connectivity index (χ2v) is 5.04. The molecule has 0 unspecified atom stereocenters. The van der Waals surface area contributed by atoms with Crippen LogP contribution in [0, 0.1) is 0 Å². The number of nitrogens with two attached hydrogens (primary N) is 1. The van der Waals surface area contributed by atoms with Crippen LogP contribution >= 0.6 is 0 Å². The predicted molar refractivity (Wildman–Crippen MR) is 86.9 cm³/mol. The number of aromatic nitrogens is 2. The zero-order chi connectivity index (χ0) is 14.2. The van der Waals surface area contributed by atoms with E-state index in [0.717, 1.165) is 33.1 Å². The molecule has 0 aliphatic heterocycles. The number of anilines is 1. The van der Waals surface area contributed by atoms with Crippen molar-refractivity contribution in [3.8, 4) is 11.3 Å². The Morgan fingerprint density at radius 2 is 1.43 bits per heavy atom. The fourth-order valence-corrected chi connectivity index (χ4v) is 2.56. The molecule has 3 nitrogen and oxygen atoms in total. The maximum Gasteiger partial charge on any atom is 0.0954 e. The summed E-state index contributed by atoms with van der Waals surface area (Å²) >= 11 is 0. The molecule has 0 radical (unpaired) electrons. The van der Waals surface area contributed by atoms with Crippen LogP contribution in [0.2, 0.25) is 0 Å². The molecule has 0 fully saturated rings. The van der Waals surface area contributed by atoms with Crippen molar-refractivity contribution in [2.24, 2.45) is 0 Å². The van der Waals surface area contributed by atoms with Gasteiger partial charge in [-0.25, -0.2) is 4.98 Å². The summed E-state index contributed by atoms with van der Waals surface area (Å²) in [5.41, 5.74) is 10.5. The largest absolute Gasteiger partial charge is 0.397 e. The van der Waals surface area contributed by atoms with Crippen molar-refractivity contribution in [3.05, 3.63) is 66.9 Å². The lowest BCUT2D eigenvalue weighted by atomic mass is 10.1. The van der Waals surface area contributed by atoms with Crippen LogP contribution in [0.25, 0.3) is 33.1 Å². The number of rotatable bonds is 1. The molecule has 0 spiro atoms. The van der Waals surface area contributed by atoms with Crippen molar-refractivity contribution >= 4 is 27.5 Å². The Bertz CT molecular complexity index is 961. The highest BCUT2D eigenvalue weighted by atomic mass is 14.8. The van der Waals surface area contributed by atoms with E-state index in [1.807, 2.05) is 60.8 Å². The molecular formula is C18H13N3. The lowest BCUT2D eigenvalue weighted by Gasteiger charge is -2.08. The first-order valence-electron chi connectivity index (χ1n) is 6.82. The minimum absolute atomic E-state index is 0.672. The number of hydrogen-bond donors (Lipinski definition) is 1. The second kappa shape index (κ2) is 4.56. The summed E-state index contributed by atoms with van der Waals surface area (Å²) in [6.07, 6.45) is 1.83. The van der Waals surface area contributed by atoms with Gasteiger partial charge in [0.05, 0.1) is 22.4 Å². The minimum Gasteiger partial charge on any atom is -0.397 e. The monoisotopic (exact) mass is 271 g/mol. The van der Waals surface area contributed by atoms with Gasteiger partial charge >= 0.3 is 0 Å². The molecule has 0 saturated carbocycles. The maximum absolute atomic E-state index is 6.17. The molecule has 0 saturated heterocycles. The first-order valence-corrected chi connectivity index (χ1v) is 6.82. The van der Waals surface area contributed by atoms with Crippen LogP contribution in [0.15, 0.2) is 66.9 Å². The van der Waals surface area contributed by atoms with E-state index in [0.29, 0.717) is 5.69 Å². The SMILES string of the molecule is Nc1cc2ccccc2nc1-c1cnc2ccccc2c1. The van der Waals surface area contributed by atoms with Gasteiger partial charge in [-0.1, -0.05) is 36.4 Å². The minimum atomic E-state index is 0.672. The standard InChI is InChI=1S/C18H13N3/c19-15-10-13-6-2-4-8-17(13)21-18(15)14-9-12-5-1-3-7-16(12)20-11-14/h1-11H,19H2. The van der Waals surface area contributed by atoms with E-state index in [-0.39, 0.29) is 0 Å². The number of fused-ring (bicyclic) bond motifs is 2. The Balaban J connectivity index is 1.96. The topological polar surface area (TPSA) is 51.8 Å². The normalized spacial score (nSPS) is 11.0. The fraction of sp³-hybridized carbons (Fsp3) is 0. The predicted octanol–water partition coefficient (Wildman–Crippen LogP) is 4.03. The van der Waals surface area contributed by atoms with Gasteiger partial charge in [-0.05, 0) is 24.3 Å². The van der Waals surface area contributed by atoms with Gasteiger partial charge in [0, 0.05) is 22.5 Å². The van der Waals surface area contributed by atoms with Crippen LogP contribution < -0.4 is 5.73 Å². The molecular weight excluding hydrogens is 258 g/mol. The van der Waals surface area contributed by atoms with Crippen molar-refractivity contribution in [3.63, 3.8) is 0 Å². The highest BCUT2D eigenvalue weighted by Gasteiger charge is 2.08. The molecule has 2 N–H and O–H groups in total. The molecule has 100 valence electrons. The van der Waals surface area contributed by atoms with Crippen molar-refractivity contribution < 1.29 is 0 Å². The zero-order valence-electron chi connectivity index (χ0n) is 11.3. The number of hydrogen-bond acceptors (Lipinski definition) is 3. The van der Waals surface area contributed by atoms with E-state index >= 15 is 0 Å². The third-order valence-corrected chi connectivity index (χ3v) is 3.62. The van der Waals surface area contributed by atoms with Crippen molar-refractivity contribution in [2.75, 3.05) is 5.73 Å². The van der Waals surface area contributed by atoms with Gasteiger partial charge in [0.15, 0.2) is 0 Å². The summed E-state index contributed by atoms with van der Waals surface area (Å²) in [5.74, 6) is 0. The van der Waals surface area contributed by atoms with E-state index in [1.54, 1.807) is 0 Å². The third kappa shape index (κ3) is 1.99. The van der Waals surface area contributed by atoms with Crippen molar-refractivity contribution in [2.45, 2.75) is 0 Å². The first-order chi connectivity index (χ1) is 10.3. The van der Waals surface area contributed by atoms with Crippen molar-refractivity contribution in [1.29, 1.82) is 0 Å². The lowest BCUT2D eigenvalue weighted by molar-refractivity contribution is 1.35. The number of pyridine rings is 2. The van der Waals surface area contributed by atoms with E-state index in [4.69, 9.17) is 5.73 Å².